The van der Waals surface area contributed by atoms with Crippen LogP contribution in [0.3, 0.4) is 0 Å². The summed E-state index contributed by atoms with van der Waals surface area (Å²) in [6, 6.07) is 8.84. The summed E-state index contributed by atoms with van der Waals surface area (Å²) in [6.45, 7) is 1.66. The predicted octanol–water partition coefficient (Wildman–Crippen LogP) is 3.32. The normalized spacial score (nSPS) is 13.4. The van der Waals surface area contributed by atoms with Gasteiger partial charge in [-0.05, 0) is 36.1 Å². The zero-order chi connectivity index (χ0) is 16.1. The summed E-state index contributed by atoms with van der Waals surface area (Å²) in [4.78, 5) is 24.1. The standard InChI is InChI=1S/C16H16FNO3S/c1-10(11-4-2-5-12(17)8-11)16(21)18-13(9-15(19)20)14-6-3-7-22-14/h2-8,10,13H,9H2,1H3,(H,18,21)(H,19,20)/t10-,13-/m1/s1. The molecule has 22 heavy (non-hydrogen) atoms. The lowest BCUT2D eigenvalue weighted by molar-refractivity contribution is -0.137. The average molecular weight is 321 g/mol. The van der Waals surface area contributed by atoms with Gasteiger partial charge >= 0.3 is 5.97 Å². The number of halogens is 1. The van der Waals surface area contributed by atoms with E-state index in [1.54, 1.807) is 31.2 Å². The highest BCUT2D eigenvalue weighted by Gasteiger charge is 2.23. The number of hydrogen-bond donors (Lipinski definition) is 2. The van der Waals surface area contributed by atoms with E-state index in [0.29, 0.717) is 5.56 Å². The molecule has 1 amide bonds. The molecule has 0 saturated heterocycles. The molecular formula is C16H16FNO3S. The summed E-state index contributed by atoms with van der Waals surface area (Å²) in [6.07, 6.45) is -0.192. The lowest BCUT2D eigenvalue weighted by Crippen LogP contribution is -2.32. The zero-order valence-corrected chi connectivity index (χ0v) is 12.8. The number of nitrogens with one attached hydrogen (secondary N) is 1. The smallest absolute Gasteiger partial charge is 0.305 e. The first kappa shape index (κ1) is 16.2. The van der Waals surface area contributed by atoms with E-state index >= 15 is 0 Å². The summed E-state index contributed by atoms with van der Waals surface area (Å²) >= 11 is 1.39. The van der Waals surface area contributed by atoms with Crippen molar-refractivity contribution in [3.8, 4) is 0 Å². The van der Waals surface area contributed by atoms with Gasteiger partial charge in [0.05, 0.1) is 18.4 Å². The SMILES string of the molecule is C[C@@H](C(=O)N[C@H](CC(=O)O)c1cccs1)c1cccc(F)c1. The van der Waals surface area contributed by atoms with Crippen LogP contribution in [0.15, 0.2) is 41.8 Å². The zero-order valence-electron chi connectivity index (χ0n) is 12.0. The number of carbonyl (C=O) groups is 2. The molecule has 0 fully saturated rings. The van der Waals surface area contributed by atoms with Gasteiger partial charge in [-0.15, -0.1) is 11.3 Å². The fourth-order valence-corrected chi connectivity index (χ4v) is 2.89. The average Bonchev–Trinajstić information content (AvgIpc) is 2.99. The Bertz CT molecular complexity index is 657. The first-order valence-electron chi connectivity index (χ1n) is 6.78. The van der Waals surface area contributed by atoms with Crippen molar-refractivity contribution in [2.24, 2.45) is 0 Å². The number of carbonyl (C=O) groups excluding carboxylic acids is 1. The third-order valence-electron chi connectivity index (χ3n) is 3.32. The second kappa shape index (κ2) is 7.17. The van der Waals surface area contributed by atoms with Crippen LogP contribution in [0.25, 0.3) is 0 Å². The molecule has 0 saturated carbocycles. The van der Waals surface area contributed by atoms with E-state index in [1.165, 1.54) is 23.5 Å². The van der Waals surface area contributed by atoms with Crippen molar-refractivity contribution in [1.82, 2.24) is 5.32 Å². The van der Waals surface area contributed by atoms with Crippen molar-refractivity contribution in [3.63, 3.8) is 0 Å². The largest absolute Gasteiger partial charge is 0.481 e. The molecule has 2 rings (SSSR count). The third-order valence-corrected chi connectivity index (χ3v) is 4.31. The Morgan fingerprint density at radius 1 is 1.32 bits per heavy atom. The fraction of sp³-hybridized carbons (Fsp3) is 0.250. The van der Waals surface area contributed by atoms with Crippen LogP contribution in [0.1, 0.15) is 35.7 Å². The van der Waals surface area contributed by atoms with Gasteiger partial charge in [0.2, 0.25) is 5.91 Å². The molecule has 1 aromatic heterocycles. The van der Waals surface area contributed by atoms with Gasteiger partial charge in [0, 0.05) is 4.88 Å². The predicted molar refractivity (Wildman–Crippen MR) is 82.3 cm³/mol. The molecule has 116 valence electrons. The number of carboxylic acids is 1. The van der Waals surface area contributed by atoms with E-state index in [9.17, 15) is 14.0 Å². The lowest BCUT2D eigenvalue weighted by Gasteiger charge is -2.19. The van der Waals surface area contributed by atoms with Crippen LogP contribution in [-0.4, -0.2) is 17.0 Å². The van der Waals surface area contributed by atoms with Crippen molar-refractivity contribution < 1.29 is 19.1 Å². The van der Waals surface area contributed by atoms with Gasteiger partial charge < -0.3 is 10.4 Å². The van der Waals surface area contributed by atoms with E-state index in [0.717, 1.165) is 4.88 Å². The monoisotopic (exact) mass is 321 g/mol. The van der Waals surface area contributed by atoms with E-state index < -0.39 is 23.7 Å². The van der Waals surface area contributed by atoms with Crippen molar-refractivity contribution in [1.29, 1.82) is 0 Å². The maximum absolute atomic E-state index is 13.2. The Balaban J connectivity index is 2.12. The van der Waals surface area contributed by atoms with Crippen LogP contribution >= 0.6 is 11.3 Å². The van der Waals surface area contributed by atoms with Gasteiger partial charge in [0.15, 0.2) is 0 Å². The van der Waals surface area contributed by atoms with E-state index in [1.807, 2.05) is 5.38 Å². The number of amides is 1. The van der Waals surface area contributed by atoms with E-state index in [-0.39, 0.29) is 12.3 Å². The van der Waals surface area contributed by atoms with Crippen molar-refractivity contribution in [2.45, 2.75) is 25.3 Å². The maximum atomic E-state index is 13.2. The summed E-state index contributed by atoms with van der Waals surface area (Å²) < 4.78 is 13.2. The Morgan fingerprint density at radius 3 is 2.68 bits per heavy atom. The number of carboxylic acid groups (broad SMARTS) is 1. The minimum absolute atomic E-state index is 0.192. The molecule has 0 aliphatic rings. The van der Waals surface area contributed by atoms with Crippen LogP contribution < -0.4 is 5.32 Å². The minimum atomic E-state index is -0.989. The maximum Gasteiger partial charge on any atom is 0.305 e. The minimum Gasteiger partial charge on any atom is -0.481 e. The number of benzene rings is 1. The number of thiophene rings is 1. The van der Waals surface area contributed by atoms with Crippen LogP contribution in [0, 0.1) is 5.82 Å². The molecule has 1 heterocycles. The van der Waals surface area contributed by atoms with Gasteiger partial charge in [-0.3, -0.25) is 9.59 Å². The van der Waals surface area contributed by atoms with Crippen LogP contribution in [0.5, 0.6) is 0 Å². The fourth-order valence-electron chi connectivity index (χ4n) is 2.11. The third kappa shape index (κ3) is 4.14. The van der Waals surface area contributed by atoms with Gasteiger partial charge in [0.1, 0.15) is 5.82 Å². The van der Waals surface area contributed by atoms with Gasteiger partial charge in [-0.25, -0.2) is 4.39 Å². The molecule has 0 aliphatic carbocycles. The lowest BCUT2D eigenvalue weighted by atomic mass is 9.99. The Hall–Kier alpha value is -2.21. The van der Waals surface area contributed by atoms with Crippen LogP contribution in [0.2, 0.25) is 0 Å². The Morgan fingerprint density at radius 2 is 2.09 bits per heavy atom. The summed E-state index contributed by atoms with van der Waals surface area (Å²) in [5, 5.41) is 13.6. The molecular weight excluding hydrogens is 305 g/mol. The Kier molecular flexibility index (Phi) is 5.27. The molecule has 2 N–H and O–H groups in total. The topological polar surface area (TPSA) is 66.4 Å². The number of aliphatic carboxylic acids is 1. The molecule has 2 aromatic rings. The van der Waals surface area contributed by atoms with Gasteiger partial charge in [0.25, 0.3) is 0 Å². The van der Waals surface area contributed by atoms with Crippen molar-refractivity contribution in [2.75, 3.05) is 0 Å². The quantitative estimate of drug-likeness (QED) is 0.857. The van der Waals surface area contributed by atoms with Crippen LogP contribution in [0.4, 0.5) is 4.39 Å². The number of rotatable bonds is 6. The van der Waals surface area contributed by atoms with E-state index in [2.05, 4.69) is 5.32 Å². The second-order valence-corrected chi connectivity index (χ2v) is 5.93. The highest BCUT2D eigenvalue weighted by molar-refractivity contribution is 7.10. The highest BCUT2D eigenvalue weighted by Crippen LogP contribution is 2.24. The molecule has 0 unspecified atom stereocenters. The molecule has 1 aromatic carbocycles. The summed E-state index contributed by atoms with van der Waals surface area (Å²) in [7, 11) is 0. The van der Waals surface area contributed by atoms with Crippen molar-refractivity contribution >= 4 is 23.2 Å². The number of hydrogen-bond acceptors (Lipinski definition) is 3. The van der Waals surface area contributed by atoms with E-state index in [4.69, 9.17) is 5.11 Å². The highest BCUT2D eigenvalue weighted by atomic mass is 32.1. The molecule has 0 spiro atoms. The second-order valence-electron chi connectivity index (χ2n) is 4.95. The molecule has 6 heteroatoms. The first-order chi connectivity index (χ1) is 10.5. The van der Waals surface area contributed by atoms with Gasteiger partial charge in [-0.1, -0.05) is 18.2 Å². The van der Waals surface area contributed by atoms with Crippen LogP contribution in [-0.2, 0) is 9.59 Å². The molecule has 4 nitrogen and oxygen atoms in total. The first-order valence-corrected chi connectivity index (χ1v) is 7.66. The Labute approximate surface area is 131 Å². The molecule has 2 atom stereocenters. The summed E-state index contributed by atoms with van der Waals surface area (Å²) in [5.41, 5.74) is 0.553. The molecule has 0 radical (unpaired) electrons. The molecule has 0 bridgehead atoms. The van der Waals surface area contributed by atoms with Crippen molar-refractivity contribution in [3.05, 3.63) is 58.0 Å². The van der Waals surface area contributed by atoms with Gasteiger partial charge in [-0.2, -0.15) is 0 Å². The summed E-state index contributed by atoms with van der Waals surface area (Å²) in [5.74, 6) is -2.29. The molecule has 0 aliphatic heterocycles.